The zero-order valence-electron chi connectivity index (χ0n) is 15.4. The van der Waals surface area contributed by atoms with Gasteiger partial charge in [-0.15, -0.1) is 0 Å². The standard InChI is InChI=1S/C21H25N5O/c1-26-19-15(8-5-9-17(19)20(22)27)12-24-21(26)25-18-13-23-11-10-16(18)14-6-3-2-4-7-14/h2-9,12,16,18,21,23,25H,10-11,13H2,1H3,(H2,22,27). The van der Waals surface area contributed by atoms with E-state index in [1.54, 1.807) is 6.07 Å². The van der Waals surface area contributed by atoms with Gasteiger partial charge in [-0.1, -0.05) is 42.5 Å². The van der Waals surface area contributed by atoms with Gasteiger partial charge in [-0.3, -0.25) is 15.1 Å². The zero-order valence-corrected chi connectivity index (χ0v) is 15.4. The highest BCUT2D eigenvalue weighted by atomic mass is 16.1. The summed E-state index contributed by atoms with van der Waals surface area (Å²) in [5, 5.41) is 7.16. The number of nitrogens with one attached hydrogen (secondary N) is 2. The Labute approximate surface area is 159 Å². The molecule has 1 amide bonds. The molecule has 0 spiro atoms. The zero-order chi connectivity index (χ0) is 18.8. The second-order valence-corrected chi connectivity index (χ2v) is 7.15. The van der Waals surface area contributed by atoms with Gasteiger partial charge in [0.2, 0.25) is 0 Å². The van der Waals surface area contributed by atoms with Crippen LogP contribution in [-0.4, -0.2) is 44.6 Å². The fourth-order valence-electron chi connectivity index (χ4n) is 4.11. The van der Waals surface area contributed by atoms with E-state index < -0.39 is 5.91 Å². The summed E-state index contributed by atoms with van der Waals surface area (Å²) in [6.45, 7) is 1.89. The highest BCUT2D eigenvalue weighted by Crippen LogP contribution is 2.30. The summed E-state index contributed by atoms with van der Waals surface area (Å²) in [7, 11) is 1.95. The molecular weight excluding hydrogens is 338 g/mol. The second kappa shape index (κ2) is 7.50. The maximum Gasteiger partial charge on any atom is 0.250 e. The van der Waals surface area contributed by atoms with Crippen LogP contribution in [0, 0.1) is 0 Å². The number of benzene rings is 2. The minimum Gasteiger partial charge on any atom is -0.366 e. The third-order valence-corrected chi connectivity index (χ3v) is 5.48. The third-order valence-electron chi connectivity index (χ3n) is 5.48. The number of nitrogens with zero attached hydrogens (tertiary/aromatic N) is 2. The number of hydrogen-bond donors (Lipinski definition) is 3. The minimum absolute atomic E-state index is 0.242. The van der Waals surface area contributed by atoms with E-state index in [4.69, 9.17) is 5.73 Å². The quantitative estimate of drug-likeness (QED) is 0.772. The van der Waals surface area contributed by atoms with Gasteiger partial charge < -0.3 is 16.0 Å². The Morgan fingerprint density at radius 3 is 2.81 bits per heavy atom. The van der Waals surface area contributed by atoms with Crippen molar-refractivity contribution in [3.05, 3.63) is 65.2 Å². The van der Waals surface area contributed by atoms with E-state index in [1.807, 2.05) is 30.3 Å². The van der Waals surface area contributed by atoms with Crippen LogP contribution in [0.4, 0.5) is 5.69 Å². The summed E-state index contributed by atoms with van der Waals surface area (Å²) in [4.78, 5) is 18.6. The molecule has 140 valence electrons. The number of nitrogens with two attached hydrogens (primary N) is 1. The van der Waals surface area contributed by atoms with Crippen LogP contribution in [0.25, 0.3) is 0 Å². The van der Waals surface area contributed by atoms with Gasteiger partial charge in [-0.2, -0.15) is 0 Å². The lowest BCUT2D eigenvalue weighted by Crippen LogP contribution is -2.56. The SMILES string of the molecule is CN1c2c(cccc2C(N)=O)C=NC1NC1CNCCC1c1ccccc1. The molecule has 4 rings (SSSR count). The van der Waals surface area contributed by atoms with Gasteiger partial charge in [0.25, 0.3) is 5.91 Å². The molecule has 0 saturated carbocycles. The highest BCUT2D eigenvalue weighted by Gasteiger charge is 2.31. The molecule has 3 unspecified atom stereocenters. The Morgan fingerprint density at radius 2 is 2.04 bits per heavy atom. The van der Waals surface area contributed by atoms with Crippen LogP contribution in [0.2, 0.25) is 0 Å². The van der Waals surface area contributed by atoms with Gasteiger partial charge >= 0.3 is 0 Å². The molecule has 2 aromatic carbocycles. The number of piperidine rings is 1. The van der Waals surface area contributed by atoms with Crippen LogP contribution in [0.3, 0.4) is 0 Å². The van der Waals surface area contributed by atoms with E-state index in [-0.39, 0.29) is 12.3 Å². The molecule has 2 aliphatic heterocycles. The van der Waals surface area contributed by atoms with E-state index in [0.29, 0.717) is 11.5 Å². The molecular formula is C21H25N5O. The van der Waals surface area contributed by atoms with Gasteiger partial charge in [0.15, 0.2) is 6.29 Å². The van der Waals surface area contributed by atoms with Crippen LogP contribution < -0.4 is 21.3 Å². The number of anilines is 1. The van der Waals surface area contributed by atoms with Crippen LogP contribution in [-0.2, 0) is 0 Å². The number of carbonyl (C=O) groups is 1. The van der Waals surface area contributed by atoms with Crippen LogP contribution in [0.5, 0.6) is 0 Å². The first kappa shape index (κ1) is 17.7. The van der Waals surface area contributed by atoms with Crippen molar-refractivity contribution in [2.24, 2.45) is 10.7 Å². The predicted molar refractivity (Wildman–Crippen MR) is 108 cm³/mol. The van der Waals surface area contributed by atoms with Crippen molar-refractivity contribution in [3.63, 3.8) is 0 Å². The maximum atomic E-state index is 11.9. The number of para-hydroxylation sites is 1. The Hall–Kier alpha value is -2.70. The topological polar surface area (TPSA) is 82.8 Å². The second-order valence-electron chi connectivity index (χ2n) is 7.15. The number of carbonyl (C=O) groups excluding carboxylic acids is 1. The van der Waals surface area contributed by atoms with E-state index in [9.17, 15) is 4.79 Å². The monoisotopic (exact) mass is 363 g/mol. The number of fused-ring (bicyclic) bond motifs is 1. The Balaban J connectivity index is 1.59. The molecule has 6 heteroatoms. The van der Waals surface area contributed by atoms with Crippen molar-refractivity contribution in [3.8, 4) is 0 Å². The molecule has 0 aliphatic carbocycles. The molecule has 3 atom stereocenters. The number of aliphatic imine (C=N–C) groups is 1. The first-order valence-electron chi connectivity index (χ1n) is 9.35. The van der Waals surface area contributed by atoms with Crippen LogP contribution in [0.15, 0.2) is 53.5 Å². The average Bonchev–Trinajstić information content (AvgIpc) is 2.70. The fraction of sp³-hybridized carbons (Fsp3) is 0.333. The van der Waals surface area contributed by atoms with E-state index in [0.717, 1.165) is 30.8 Å². The maximum absolute atomic E-state index is 11.9. The van der Waals surface area contributed by atoms with Gasteiger partial charge in [0.05, 0.1) is 11.3 Å². The predicted octanol–water partition coefficient (Wildman–Crippen LogP) is 1.67. The van der Waals surface area contributed by atoms with Crippen molar-refractivity contribution in [2.75, 3.05) is 25.0 Å². The van der Waals surface area contributed by atoms with Crippen LogP contribution in [0.1, 0.15) is 33.8 Å². The van der Waals surface area contributed by atoms with Crippen molar-refractivity contribution in [1.82, 2.24) is 10.6 Å². The summed E-state index contributed by atoms with van der Waals surface area (Å²) in [6.07, 6.45) is 2.66. The number of hydrogen-bond acceptors (Lipinski definition) is 5. The number of primary amides is 1. The van der Waals surface area contributed by atoms with Gasteiger partial charge in [0.1, 0.15) is 0 Å². The van der Waals surface area contributed by atoms with E-state index >= 15 is 0 Å². The highest BCUT2D eigenvalue weighted by molar-refractivity contribution is 6.04. The van der Waals surface area contributed by atoms with Crippen molar-refractivity contribution in [1.29, 1.82) is 0 Å². The summed E-state index contributed by atoms with van der Waals surface area (Å²) in [5.41, 5.74) is 9.20. The summed E-state index contributed by atoms with van der Waals surface area (Å²) < 4.78 is 0. The molecule has 0 radical (unpaired) electrons. The minimum atomic E-state index is -0.422. The summed E-state index contributed by atoms with van der Waals surface area (Å²) in [6, 6.07) is 16.4. The first-order chi connectivity index (χ1) is 13.1. The van der Waals surface area contributed by atoms with Gasteiger partial charge in [-0.25, -0.2) is 0 Å². The molecule has 2 aliphatic rings. The molecule has 6 nitrogen and oxygen atoms in total. The summed E-state index contributed by atoms with van der Waals surface area (Å²) in [5.74, 6) is -0.00178. The smallest absolute Gasteiger partial charge is 0.250 e. The molecule has 4 N–H and O–H groups in total. The summed E-state index contributed by atoms with van der Waals surface area (Å²) >= 11 is 0. The Bertz CT molecular complexity index is 851. The first-order valence-corrected chi connectivity index (χ1v) is 9.35. The Kier molecular flexibility index (Phi) is 4.92. The largest absolute Gasteiger partial charge is 0.366 e. The molecule has 1 fully saturated rings. The molecule has 0 bridgehead atoms. The number of rotatable bonds is 4. The number of amides is 1. The molecule has 27 heavy (non-hydrogen) atoms. The van der Waals surface area contributed by atoms with Crippen molar-refractivity contribution < 1.29 is 4.79 Å². The fourth-order valence-corrected chi connectivity index (χ4v) is 4.11. The lowest BCUT2D eigenvalue weighted by atomic mass is 9.86. The van der Waals surface area contributed by atoms with Crippen LogP contribution >= 0.6 is 0 Å². The van der Waals surface area contributed by atoms with Crippen molar-refractivity contribution >= 4 is 17.8 Å². The van der Waals surface area contributed by atoms with Crippen molar-refractivity contribution in [2.45, 2.75) is 24.7 Å². The molecule has 2 heterocycles. The van der Waals surface area contributed by atoms with E-state index in [2.05, 4.69) is 46.0 Å². The van der Waals surface area contributed by atoms with E-state index in [1.165, 1.54) is 5.56 Å². The lowest BCUT2D eigenvalue weighted by Gasteiger charge is -2.39. The van der Waals surface area contributed by atoms with Gasteiger partial charge in [-0.05, 0) is 24.6 Å². The lowest BCUT2D eigenvalue weighted by molar-refractivity contribution is 0.100. The normalized spacial score (nSPS) is 24.5. The molecule has 0 aromatic heterocycles. The third kappa shape index (κ3) is 3.46. The average molecular weight is 363 g/mol. The molecule has 1 saturated heterocycles. The Morgan fingerprint density at radius 1 is 1.22 bits per heavy atom. The van der Waals surface area contributed by atoms with Gasteiger partial charge in [0, 0.05) is 37.3 Å². The molecule has 2 aromatic rings.